The van der Waals surface area contributed by atoms with Crippen LogP contribution in [-0.4, -0.2) is 42.5 Å². The molecule has 1 aromatic rings. The van der Waals surface area contributed by atoms with Crippen LogP contribution in [0.15, 0.2) is 24.3 Å². The number of carbonyl (C=O) groups is 3. The maximum absolute atomic E-state index is 11.9. The summed E-state index contributed by atoms with van der Waals surface area (Å²) in [7, 11) is 1.21. The third kappa shape index (κ3) is 5.87. The number of non-ortho nitro benzene ring substituents is 1. The number of nitrogens with zero attached hydrogens (tertiary/aromatic N) is 1. The molecule has 0 bridgehead atoms. The smallest absolute Gasteiger partial charge is 0.338 e. The number of esters is 2. The molecule has 0 aromatic heterocycles. The van der Waals surface area contributed by atoms with E-state index in [-0.39, 0.29) is 17.2 Å². The maximum Gasteiger partial charge on any atom is 0.338 e. The van der Waals surface area contributed by atoms with Crippen LogP contribution in [0.2, 0.25) is 0 Å². The molecule has 1 aromatic carbocycles. The van der Waals surface area contributed by atoms with Gasteiger partial charge in [0.2, 0.25) is 0 Å². The van der Waals surface area contributed by atoms with Crippen LogP contribution in [0.4, 0.5) is 5.69 Å². The van der Waals surface area contributed by atoms with Gasteiger partial charge in [-0.1, -0.05) is 26.3 Å². The van der Waals surface area contributed by atoms with Gasteiger partial charge in [0.05, 0.1) is 17.6 Å². The molecule has 1 rings (SSSR count). The lowest BCUT2D eigenvalue weighted by Gasteiger charge is -2.21. The van der Waals surface area contributed by atoms with E-state index in [9.17, 15) is 24.5 Å². The molecule has 25 heavy (non-hydrogen) atoms. The second-order valence-corrected chi connectivity index (χ2v) is 5.34. The van der Waals surface area contributed by atoms with E-state index in [1.165, 1.54) is 25.3 Å². The Morgan fingerprint density at radius 1 is 1.32 bits per heavy atom. The van der Waals surface area contributed by atoms with Gasteiger partial charge in [-0.05, 0) is 12.0 Å². The molecule has 0 unspecified atom stereocenters. The molecule has 0 aliphatic carbocycles. The molecular weight excluding hydrogens is 332 g/mol. The van der Waals surface area contributed by atoms with Crippen LogP contribution in [0.3, 0.4) is 0 Å². The predicted molar refractivity (Wildman–Crippen MR) is 86.8 cm³/mol. The monoisotopic (exact) mass is 352 g/mol. The number of methoxy groups -OCH3 is 1. The number of amides is 1. The maximum atomic E-state index is 11.9. The zero-order valence-electron chi connectivity index (χ0n) is 14.2. The highest BCUT2D eigenvalue weighted by molar-refractivity contribution is 5.92. The summed E-state index contributed by atoms with van der Waals surface area (Å²) in [5, 5.41) is 13.1. The molecule has 0 aliphatic heterocycles. The first-order chi connectivity index (χ1) is 11.8. The summed E-state index contributed by atoms with van der Waals surface area (Å²) in [6, 6.07) is 4.11. The van der Waals surface area contributed by atoms with Crippen molar-refractivity contribution in [2.24, 2.45) is 5.92 Å². The Balaban J connectivity index is 2.65. The molecule has 0 fully saturated rings. The zero-order valence-corrected chi connectivity index (χ0v) is 14.2. The fourth-order valence-electron chi connectivity index (χ4n) is 1.97. The van der Waals surface area contributed by atoms with Crippen LogP contribution in [0.25, 0.3) is 0 Å². The summed E-state index contributed by atoms with van der Waals surface area (Å²) in [5.41, 5.74) is -0.310. The highest BCUT2D eigenvalue weighted by atomic mass is 16.6. The third-order valence-electron chi connectivity index (χ3n) is 3.61. The van der Waals surface area contributed by atoms with Crippen molar-refractivity contribution < 1.29 is 28.8 Å². The van der Waals surface area contributed by atoms with E-state index in [4.69, 9.17) is 4.74 Å². The topological polar surface area (TPSA) is 125 Å². The standard InChI is InChI=1S/C16H20N2O7/c1-4-10(2)14(16(21)24-3)17-13(19)9-25-15(20)11-6-5-7-12(8-11)18(22)23/h5-8,10,14H,4,9H2,1-3H3,(H,17,19)/t10-,14-/m1/s1. The van der Waals surface area contributed by atoms with E-state index >= 15 is 0 Å². The van der Waals surface area contributed by atoms with Crippen molar-refractivity contribution in [1.82, 2.24) is 5.32 Å². The molecule has 1 N–H and O–H groups in total. The molecule has 136 valence electrons. The van der Waals surface area contributed by atoms with Crippen LogP contribution < -0.4 is 5.32 Å². The van der Waals surface area contributed by atoms with Gasteiger partial charge in [-0.2, -0.15) is 0 Å². The van der Waals surface area contributed by atoms with Crippen molar-refractivity contribution in [2.75, 3.05) is 13.7 Å². The molecule has 0 radical (unpaired) electrons. The average Bonchev–Trinajstić information content (AvgIpc) is 2.62. The normalized spacial score (nSPS) is 12.6. The fraction of sp³-hybridized carbons (Fsp3) is 0.438. The quantitative estimate of drug-likeness (QED) is 0.426. The predicted octanol–water partition coefficient (Wildman–Crippen LogP) is 1.46. The number of ether oxygens (including phenoxy) is 2. The molecule has 0 spiro atoms. The zero-order chi connectivity index (χ0) is 19.0. The Labute approximate surface area is 144 Å². The lowest BCUT2D eigenvalue weighted by atomic mass is 9.99. The number of benzene rings is 1. The van der Waals surface area contributed by atoms with Gasteiger partial charge in [-0.3, -0.25) is 14.9 Å². The van der Waals surface area contributed by atoms with E-state index in [1.807, 2.05) is 6.92 Å². The molecule has 9 nitrogen and oxygen atoms in total. The average molecular weight is 352 g/mol. The second-order valence-electron chi connectivity index (χ2n) is 5.34. The van der Waals surface area contributed by atoms with E-state index in [1.54, 1.807) is 6.92 Å². The number of nitro benzene ring substituents is 1. The van der Waals surface area contributed by atoms with Gasteiger partial charge in [0.1, 0.15) is 6.04 Å². The van der Waals surface area contributed by atoms with Crippen LogP contribution in [-0.2, 0) is 19.1 Å². The van der Waals surface area contributed by atoms with Gasteiger partial charge < -0.3 is 14.8 Å². The lowest BCUT2D eigenvalue weighted by molar-refractivity contribution is -0.384. The molecule has 0 aliphatic rings. The Morgan fingerprint density at radius 3 is 2.56 bits per heavy atom. The summed E-state index contributed by atoms with van der Waals surface area (Å²) in [4.78, 5) is 45.5. The Hall–Kier alpha value is -2.97. The van der Waals surface area contributed by atoms with Crippen LogP contribution in [0.1, 0.15) is 30.6 Å². The Bertz CT molecular complexity index is 660. The van der Waals surface area contributed by atoms with Gasteiger partial charge in [0.25, 0.3) is 11.6 Å². The van der Waals surface area contributed by atoms with Gasteiger partial charge in [-0.25, -0.2) is 9.59 Å². The largest absolute Gasteiger partial charge is 0.467 e. The van der Waals surface area contributed by atoms with Gasteiger partial charge in [0.15, 0.2) is 6.61 Å². The summed E-state index contributed by atoms with van der Waals surface area (Å²) >= 11 is 0. The number of hydrogen-bond donors (Lipinski definition) is 1. The van der Waals surface area contributed by atoms with Crippen LogP contribution in [0.5, 0.6) is 0 Å². The highest BCUT2D eigenvalue weighted by Crippen LogP contribution is 2.14. The minimum atomic E-state index is -0.878. The summed E-state index contributed by atoms with van der Waals surface area (Å²) in [6.07, 6.45) is 0.632. The SMILES string of the molecule is CC[C@@H](C)[C@@H](NC(=O)COC(=O)c1cccc([N+](=O)[O-])c1)C(=O)OC. The van der Waals surface area contributed by atoms with Gasteiger partial charge in [-0.15, -0.1) is 0 Å². The second kappa shape index (κ2) is 9.36. The first kappa shape index (κ1) is 20.1. The number of nitrogens with one attached hydrogen (secondary N) is 1. The molecule has 0 saturated heterocycles. The van der Waals surface area contributed by atoms with Gasteiger partial charge in [0, 0.05) is 12.1 Å². The Kier molecular flexibility index (Phi) is 7.51. The van der Waals surface area contributed by atoms with E-state index in [0.29, 0.717) is 6.42 Å². The first-order valence-electron chi connectivity index (χ1n) is 7.58. The van der Waals surface area contributed by atoms with Crippen molar-refractivity contribution in [2.45, 2.75) is 26.3 Å². The van der Waals surface area contributed by atoms with E-state index < -0.39 is 35.4 Å². The molecule has 1 amide bonds. The number of carbonyl (C=O) groups excluding carboxylic acids is 3. The molecule has 2 atom stereocenters. The first-order valence-corrected chi connectivity index (χ1v) is 7.58. The highest BCUT2D eigenvalue weighted by Gasteiger charge is 2.27. The van der Waals surface area contributed by atoms with Crippen LogP contribution >= 0.6 is 0 Å². The fourth-order valence-corrected chi connectivity index (χ4v) is 1.97. The van der Waals surface area contributed by atoms with Crippen molar-refractivity contribution in [3.8, 4) is 0 Å². The summed E-state index contributed by atoms with van der Waals surface area (Å²) in [5.74, 6) is -2.30. The Morgan fingerprint density at radius 2 is 2.00 bits per heavy atom. The van der Waals surface area contributed by atoms with Crippen LogP contribution in [0, 0.1) is 16.0 Å². The summed E-state index contributed by atoms with van der Waals surface area (Å²) < 4.78 is 9.47. The minimum Gasteiger partial charge on any atom is -0.467 e. The number of nitro groups is 1. The molecule has 0 saturated carbocycles. The van der Waals surface area contributed by atoms with E-state index in [0.717, 1.165) is 6.07 Å². The van der Waals surface area contributed by atoms with Crippen molar-refractivity contribution in [3.63, 3.8) is 0 Å². The molecule has 0 heterocycles. The molecule has 9 heteroatoms. The van der Waals surface area contributed by atoms with Crippen molar-refractivity contribution in [1.29, 1.82) is 0 Å². The van der Waals surface area contributed by atoms with Crippen molar-refractivity contribution in [3.05, 3.63) is 39.9 Å². The number of rotatable bonds is 8. The van der Waals surface area contributed by atoms with Crippen molar-refractivity contribution >= 4 is 23.5 Å². The lowest BCUT2D eigenvalue weighted by Crippen LogP contribution is -2.47. The minimum absolute atomic E-state index is 0.0477. The molecular formula is C16H20N2O7. The third-order valence-corrected chi connectivity index (χ3v) is 3.61. The number of hydrogen-bond acceptors (Lipinski definition) is 7. The van der Waals surface area contributed by atoms with Gasteiger partial charge >= 0.3 is 11.9 Å². The summed E-state index contributed by atoms with van der Waals surface area (Å²) in [6.45, 7) is 3.01. The van der Waals surface area contributed by atoms with E-state index in [2.05, 4.69) is 10.1 Å².